The van der Waals surface area contributed by atoms with Gasteiger partial charge in [0.25, 0.3) is 5.91 Å². The molecule has 23 heavy (non-hydrogen) atoms. The fraction of sp³-hybridized carbons (Fsp3) is 0.333. The zero-order valence-corrected chi connectivity index (χ0v) is 13.8. The molecule has 5 heteroatoms. The Morgan fingerprint density at radius 1 is 1.09 bits per heavy atom. The number of carbonyl (C=O) groups is 2. The number of hydrogen-bond acceptors (Lipinski definition) is 3. The third kappa shape index (κ3) is 4.45. The van der Waals surface area contributed by atoms with Gasteiger partial charge in [-0.3, -0.25) is 9.59 Å². The van der Waals surface area contributed by atoms with Crippen molar-refractivity contribution in [3.8, 4) is 0 Å². The van der Waals surface area contributed by atoms with E-state index in [-0.39, 0.29) is 17.1 Å². The average molecular weight is 314 g/mol. The number of anilines is 1. The van der Waals surface area contributed by atoms with Crippen molar-refractivity contribution in [1.29, 1.82) is 0 Å². The van der Waals surface area contributed by atoms with Crippen molar-refractivity contribution in [2.24, 2.45) is 0 Å². The summed E-state index contributed by atoms with van der Waals surface area (Å²) in [6.45, 7) is 8.02. The van der Waals surface area contributed by atoms with E-state index < -0.39 is 11.9 Å². The summed E-state index contributed by atoms with van der Waals surface area (Å²) < 4.78 is 5.00. The molecule has 0 aliphatic heterocycles. The molecule has 0 bridgehead atoms. The van der Waals surface area contributed by atoms with Gasteiger partial charge < -0.3 is 15.1 Å². The second-order valence-electron chi connectivity index (χ2n) is 6.49. The van der Waals surface area contributed by atoms with Crippen molar-refractivity contribution in [3.63, 3.8) is 0 Å². The molecule has 0 fully saturated rings. The Bertz CT molecular complexity index is 667. The lowest BCUT2D eigenvalue weighted by atomic mass is 9.87. The SMILES string of the molecule is CC(NC(=O)c1ccco1)C(=O)Nc1ccc(C(C)(C)C)cc1. The Morgan fingerprint density at radius 3 is 2.26 bits per heavy atom. The lowest BCUT2D eigenvalue weighted by Gasteiger charge is -2.19. The number of carbonyl (C=O) groups excluding carboxylic acids is 2. The highest BCUT2D eigenvalue weighted by Gasteiger charge is 2.18. The van der Waals surface area contributed by atoms with Crippen molar-refractivity contribution >= 4 is 17.5 Å². The summed E-state index contributed by atoms with van der Waals surface area (Å²) in [5, 5.41) is 5.38. The first kappa shape index (κ1) is 16.8. The van der Waals surface area contributed by atoms with Gasteiger partial charge in [0, 0.05) is 5.69 Å². The smallest absolute Gasteiger partial charge is 0.287 e. The van der Waals surface area contributed by atoms with Gasteiger partial charge in [-0.2, -0.15) is 0 Å². The molecule has 2 N–H and O–H groups in total. The van der Waals surface area contributed by atoms with Crippen LogP contribution < -0.4 is 10.6 Å². The summed E-state index contributed by atoms with van der Waals surface area (Å²) in [5.41, 5.74) is 1.95. The number of hydrogen-bond donors (Lipinski definition) is 2. The van der Waals surface area contributed by atoms with Crippen LogP contribution in [0, 0.1) is 0 Å². The predicted molar refractivity (Wildman–Crippen MR) is 89.4 cm³/mol. The monoisotopic (exact) mass is 314 g/mol. The summed E-state index contributed by atoms with van der Waals surface area (Å²) in [4.78, 5) is 24.0. The molecule has 0 saturated carbocycles. The van der Waals surface area contributed by atoms with Crippen LogP contribution in [0.5, 0.6) is 0 Å². The molecule has 122 valence electrons. The Balaban J connectivity index is 1.94. The highest BCUT2D eigenvalue weighted by atomic mass is 16.3. The first-order valence-corrected chi connectivity index (χ1v) is 7.53. The average Bonchev–Trinajstić information content (AvgIpc) is 3.01. The maximum Gasteiger partial charge on any atom is 0.287 e. The fourth-order valence-electron chi connectivity index (χ4n) is 2.05. The number of amides is 2. The third-order valence-corrected chi connectivity index (χ3v) is 3.50. The summed E-state index contributed by atoms with van der Waals surface area (Å²) in [5.74, 6) is -0.520. The molecule has 0 spiro atoms. The zero-order valence-electron chi connectivity index (χ0n) is 13.8. The Labute approximate surface area is 136 Å². The van der Waals surface area contributed by atoms with E-state index in [4.69, 9.17) is 4.42 Å². The zero-order chi connectivity index (χ0) is 17.0. The summed E-state index contributed by atoms with van der Waals surface area (Å²) in [6, 6.07) is 10.2. The van der Waals surface area contributed by atoms with Gasteiger partial charge in [0.1, 0.15) is 6.04 Å². The van der Waals surface area contributed by atoms with Crippen LogP contribution in [0.15, 0.2) is 47.1 Å². The molecule has 2 rings (SSSR count). The molecule has 1 atom stereocenters. The van der Waals surface area contributed by atoms with Crippen molar-refractivity contribution in [1.82, 2.24) is 5.32 Å². The topological polar surface area (TPSA) is 71.3 Å². The van der Waals surface area contributed by atoms with Gasteiger partial charge >= 0.3 is 0 Å². The molecule has 1 aromatic heterocycles. The maximum atomic E-state index is 12.1. The van der Waals surface area contributed by atoms with E-state index in [1.807, 2.05) is 24.3 Å². The van der Waals surface area contributed by atoms with Gasteiger partial charge in [-0.15, -0.1) is 0 Å². The van der Waals surface area contributed by atoms with Crippen molar-refractivity contribution in [2.45, 2.75) is 39.2 Å². The normalized spacial score (nSPS) is 12.5. The maximum absolute atomic E-state index is 12.1. The second-order valence-corrected chi connectivity index (χ2v) is 6.49. The van der Waals surface area contributed by atoms with Crippen LogP contribution in [0.2, 0.25) is 0 Å². The van der Waals surface area contributed by atoms with Crippen molar-refractivity contribution in [2.75, 3.05) is 5.32 Å². The van der Waals surface area contributed by atoms with Crippen molar-refractivity contribution in [3.05, 3.63) is 54.0 Å². The standard InChI is InChI=1S/C18H22N2O3/c1-12(19-17(22)15-6-5-11-23-15)16(21)20-14-9-7-13(8-10-14)18(2,3)4/h5-12H,1-4H3,(H,19,22)(H,20,21). The van der Waals surface area contributed by atoms with E-state index in [0.29, 0.717) is 5.69 Å². The molecule has 5 nitrogen and oxygen atoms in total. The lowest BCUT2D eigenvalue weighted by Crippen LogP contribution is -2.41. The minimum absolute atomic E-state index is 0.0623. The predicted octanol–water partition coefficient (Wildman–Crippen LogP) is 3.33. The minimum atomic E-state index is -0.671. The Morgan fingerprint density at radius 2 is 1.74 bits per heavy atom. The molecular weight excluding hydrogens is 292 g/mol. The van der Waals surface area contributed by atoms with Gasteiger partial charge in [-0.1, -0.05) is 32.9 Å². The molecule has 0 radical (unpaired) electrons. The van der Waals surface area contributed by atoms with Crippen LogP contribution in [-0.4, -0.2) is 17.9 Å². The second kappa shape index (κ2) is 6.69. The van der Waals surface area contributed by atoms with Gasteiger partial charge in [-0.05, 0) is 42.2 Å². The van der Waals surface area contributed by atoms with E-state index in [9.17, 15) is 9.59 Å². The largest absolute Gasteiger partial charge is 0.459 e. The number of nitrogens with one attached hydrogen (secondary N) is 2. The minimum Gasteiger partial charge on any atom is -0.459 e. The van der Waals surface area contributed by atoms with Crippen LogP contribution in [0.4, 0.5) is 5.69 Å². The lowest BCUT2D eigenvalue weighted by molar-refractivity contribution is -0.117. The van der Waals surface area contributed by atoms with Gasteiger partial charge in [0.05, 0.1) is 6.26 Å². The highest BCUT2D eigenvalue weighted by Crippen LogP contribution is 2.23. The summed E-state index contributed by atoms with van der Waals surface area (Å²) >= 11 is 0. The van der Waals surface area contributed by atoms with E-state index in [1.165, 1.54) is 11.8 Å². The van der Waals surface area contributed by atoms with Crippen LogP contribution >= 0.6 is 0 Å². The molecule has 1 unspecified atom stereocenters. The van der Waals surface area contributed by atoms with Crippen LogP contribution in [0.1, 0.15) is 43.8 Å². The first-order valence-electron chi connectivity index (χ1n) is 7.53. The van der Waals surface area contributed by atoms with Crippen molar-refractivity contribution < 1.29 is 14.0 Å². The summed E-state index contributed by atoms with van der Waals surface area (Å²) in [7, 11) is 0. The van der Waals surface area contributed by atoms with Crippen LogP contribution in [-0.2, 0) is 10.2 Å². The van der Waals surface area contributed by atoms with Crippen LogP contribution in [0.25, 0.3) is 0 Å². The molecular formula is C18H22N2O3. The van der Waals surface area contributed by atoms with Gasteiger partial charge in [0.2, 0.25) is 5.91 Å². The summed E-state index contributed by atoms with van der Waals surface area (Å²) in [6.07, 6.45) is 1.41. The fourth-order valence-corrected chi connectivity index (χ4v) is 2.05. The molecule has 2 aromatic rings. The molecule has 2 amide bonds. The molecule has 0 aliphatic rings. The molecule has 0 saturated heterocycles. The molecule has 0 aliphatic carbocycles. The highest BCUT2D eigenvalue weighted by molar-refractivity contribution is 5.99. The number of furan rings is 1. The van der Waals surface area contributed by atoms with Gasteiger partial charge in [0.15, 0.2) is 5.76 Å². The Kier molecular flexibility index (Phi) is 4.89. The van der Waals surface area contributed by atoms with E-state index >= 15 is 0 Å². The van der Waals surface area contributed by atoms with Gasteiger partial charge in [-0.25, -0.2) is 0 Å². The molecule has 1 aromatic carbocycles. The van der Waals surface area contributed by atoms with Crippen LogP contribution in [0.3, 0.4) is 0 Å². The van der Waals surface area contributed by atoms with E-state index in [1.54, 1.807) is 19.1 Å². The van der Waals surface area contributed by atoms with E-state index in [2.05, 4.69) is 31.4 Å². The first-order chi connectivity index (χ1) is 10.8. The quantitative estimate of drug-likeness (QED) is 0.909. The Hall–Kier alpha value is -2.56. The van der Waals surface area contributed by atoms with E-state index in [0.717, 1.165) is 0 Å². The number of rotatable bonds is 4. The number of benzene rings is 1. The third-order valence-electron chi connectivity index (χ3n) is 3.50. The molecule has 1 heterocycles.